The Bertz CT molecular complexity index is 2320. The largest absolute Gasteiger partial charge is 0.368 e. The molecule has 5 atom stereocenters. The molecule has 0 fully saturated rings. The van der Waals surface area contributed by atoms with Gasteiger partial charge in [0.2, 0.25) is 35.4 Å². The third-order valence-electron chi connectivity index (χ3n) is 12.0. The molecule has 0 radical (unpaired) electrons. The van der Waals surface area contributed by atoms with Gasteiger partial charge in [-0.05, 0) is 62.4 Å². The van der Waals surface area contributed by atoms with Gasteiger partial charge < -0.3 is 30.2 Å². The molecule has 64 heavy (non-hydrogen) atoms. The van der Waals surface area contributed by atoms with Crippen LogP contribution in [0.3, 0.4) is 0 Å². The number of rotatable bonds is 20. The second kappa shape index (κ2) is 22.8. The van der Waals surface area contributed by atoms with Crippen LogP contribution in [0, 0.1) is 0 Å². The van der Waals surface area contributed by atoms with E-state index in [4.69, 9.17) is 5.73 Å². The van der Waals surface area contributed by atoms with E-state index in [2.05, 4.69) is 0 Å². The number of hydrogen-bond donors (Lipinski definition) is 1. The van der Waals surface area contributed by atoms with Gasteiger partial charge in [0, 0.05) is 6.92 Å². The highest BCUT2D eigenvalue weighted by molar-refractivity contribution is 5.92. The van der Waals surface area contributed by atoms with Crippen molar-refractivity contribution in [2.45, 2.75) is 71.8 Å². The zero-order valence-corrected chi connectivity index (χ0v) is 37.6. The molecule has 0 saturated carbocycles. The molecule has 2 N–H and O–H groups in total. The fourth-order valence-electron chi connectivity index (χ4n) is 7.96. The minimum atomic E-state index is -0.705. The predicted molar refractivity (Wildman–Crippen MR) is 248 cm³/mol. The first-order valence-corrected chi connectivity index (χ1v) is 21.7. The molecule has 0 unspecified atom stereocenters. The predicted octanol–water partition coefficient (Wildman–Crippen LogP) is 7.44. The average molecular weight is 865 g/mol. The van der Waals surface area contributed by atoms with Crippen molar-refractivity contribution in [3.8, 4) is 0 Å². The molecule has 5 aromatic carbocycles. The molecular weight excluding hydrogens is 805 g/mol. The van der Waals surface area contributed by atoms with Crippen LogP contribution in [0.25, 0.3) is 0 Å². The normalized spacial score (nSPS) is 13.3. The second-order valence-corrected chi connectivity index (χ2v) is 16.1. The van der Waals surface area contributed by atoms with Gasteiger partial charge >= 0.3 is 0 Å². The van der Waals surface area contributed by atoms with Crippen molar-refractivity contribution in [1.29, 1.82) is 0 Å². The number of hydrogen-bond acceptors (Lipinski definition) is 6. The van der Waals surface area contributed by atoms with Gasteiger partial charge in [0.1, 0.15) is 26.2 Å². The van der Waals surface area contributed by atoms with Gasteiger partial charge in [-0.3, -0.25) is 28.8 Å². The Morgan fingerprint density at radius 3 is 0.734 bits per heavy atom. The Morgan fingerprint density at radius 2 is 0.531 bits per heavy atom. The molecule has 334 valence electrons. The molecule has 6 amide bonds. The van der Waals surface area contributed by atoms with Gasteiger partial charge in [-0.25, -0.2) is 0 Å². The topological polar surface area (TPSA) is 145 Å². The average Bonchev–Trinajstić information content (AvgIpc) is 3.32. The molecule has 5 rings (SSSR count). The highest BCUT2D eigenvalue weighted by atomic mass is 16.2. The van der Waals surface area contributed by atoms with Crippen LogP contribution in [0.15, 0.2) is 152 Å². The molecule has 5 aromatic rings. The molecule has 12 nitrogen and oxygen atoms in total. The summed E-state index contributed by atoms with van der Waals surface area (Å²) in [5.74, 6) is -3.01. The van der Waals surface area contributed by atoms with Crippen molar-refractivity contribution < 1.29 is 28.8 Å². The number of nitrogens with zero attached hydrogens (tertiary/aromatic N) is 5. The summed E-state index contributed by atoms with van der Waals surface area (Å²) < 4.78 is 0. The quantitative estimate of drug-likeness (QED) is 0.0862. The van der Waals surface area contributed by atoms with Crippen LogP contribution in [-0.4, -0.2) is 92.7 Å². The first kappa shape index (κ1) is 48.0. The lowest BCUT2D eigenvalue weighted by Crippen LogP contribution is -2.52. The molecule has 0 aliphatic carbocycles. The highest BCUT2D eigenvalue weighted by Gasteiger charge is 2.35. The van der Waals surface area contributed by atoms with Crippen LogP contribution in [0.5, 0.6) is 0 Å². The van der Waals surface area contributed by atoms with Gasteiger partial charge in [0.25, 0.3) is 0 Å². The van der Waals surface area contributed by atoms with E-state index in [9.17, 15) is 24.0 Å². The number of carbonyl (C=O) groups excluding carboxylic acids is 6. The van der Waals surface area contributed by atoms with Gasteiger partial charge in [0.05, 0.1) is 36.8 Å². The minimum absolute atomic E-state index is 0.295. The molecule has 0 heterocycles. The summed E-state index contributed by atoms with van der Waals surface area (Å²) in [4.78, 5) is 91.7. The zero-order valence-electron chi connectivity index (χ0n) is 37.6. The van der Waals surface area contributed by atoms with Crippen molar-refractivity contribution in [3.05, 3.63) is 179 Å². The number of primary amides is 1. The van der Waals surface area contributed by atoms with E-state index in [1.165, 1.54) is 31.4 Å². The standard InChI is InChI=1S/C52H60N6O6/c1-37(43-22-12-7-13-23-43)54(42(6)59)33-49(61)56(39(3)45-26-16-9-17-27-45)35-51(63)58(41(5)47-30-20-11-21-31-47)36-52(64)57(40(4)46-28-18-10-19-29-46)34-50(62)55(32-48(53)60)38(2)44-24-14-8-15-25-44/h7-31,37-41H,32-36H2,1-6H3,(H2,53,60)/t37-,38-,39-,40-,41-/m0/s1. The van der Waals surface area contributed by atoms with Crippen LogP contribution >= 0.6 is 0 Å². The molecule has 0 bridgehead atoms. The third-order valence-corrected chi connectivity index (χ3v) is 12.0. The number of amides is 6. The molecular formula is C52H60N6O6. The van der Waals surface area contributed by atoms with Crippen LogP contribution in [0.1, 0.15) is 99.6 Å². The van der Waals surface area contributed by atoms with Gasteiger partial charge in [-0.1, -0.05) is 152 Å². The van der Waals surface area contributed by atoms with E-state index in [1.54, 1.807) is 6.92 Å². The van der Waals surface area contributed by atoms with Gasteiger partial charge in [0.15, 0.2) is 0 Å². The Labute approximate surface area is 377 Å². The number of carbonyl (C=O) groups is 6. The zero-order chi connectivity index (χ0) is 46.3. The Hall–Kier alpha value is -7.08. The van der Waals surface area contributed by atoms with Crippen molar-refractivity contribution >= 4 is 35.4 Å². The Balaban J connectivity index is 1.51. The lowest BCUT2D eigenvalue weighted by Gasteiger charge is -2.38. The van der Waals surface area contributed by atoms with Crippen molar-refractivity contribution in [3.63, 3.8) is 0 Å². The summed E-state index contributed by atoms with van der Waals surface area (Å²) in [7, 11) is 0. The Kier molecular flexibility index (Phi) is 17.1. The first-order chi connectivity index (χ1) is 30.7. The maximum Gasteiger partial charge on any atom is 0.243 e. The summed E-state index contributed by atoms with van der Waals surface area (Å²) in [6, 6.07) is 43.6. The molecule has 0 spiro atoms. The minimum Gasteiger partial charge on any atom is -0.368 e. The fourth-order valence-corrected chi connectivity index (χ4v) is 7.96. The molecule has 0 saturated heterocycles. The maximum atomic E-state index is 15.0. The van der Waals surface area contributed by atoms with Gasteiger partial charge in [-0.2, -0.15) is 0 Å². The number of benzene rings is 5. The molecule has 12 heteroatoms. The highest BCUT2D eigenvalue weighted by Crippen LogP contribution is 2.28. The lowest BCUT2D eigenvalue weighted by molar-refractivity contribution is -0.151. The summed E-state index contributed by atoms with van der Waals surface area (Å²) in [5.41, 5.74) is 9.59. The summed E-state index contributed by atoms with van der Waals surface area (Å²) >= 11 is 0. The van der Waals surface area contributed by atoms with E-state index in [0.29, 0.717) is 0 Å². The van der Waals surface area contributed by atoms with E-state index in [1.807, 2.05) is 179 Å². The number of nitrogens with two attached hydrogens (primary N) is 1. The van der Waals surface area contributed by atoms with E-state index in [0.717, 1.165) is 27.8 Å². The van der Waals surface area contributed by atoms with Crippen LogP contribution in [0.2, 0.25) is 0 Å². The summed E-state index contributed by atoms with van der Waals surface area (Å²) in [6.07, 6.45) is 0. The van der Waals surface area contributed by atoms with E-state index < -0.39 is 79.4 Å². The van der Waals surface area contributed by atoms with Crippen LogP contribution in [0.4, 0.5) is 0 Å². The van der Waals surface area contributed by atoms with Crippen LogP contribution in [-0.2, 0) is 28.8 Å². The second-order valence-electron chi connectivity index (χ2n) is 16.1. The third kappa shape index (κ3) is 12.5. The fraction of sp³-hybridized carbons (Fsp3) is 0.308. The first-order valence-electron chi connectivity index (χ1n) is 21.7. The van der Waals surface area contributed by atoms with Crippen molar-refractivity contribution in [2.24, 2.45) is 5.73 Å². The molecule has 0 aromatic heterocycles. The maximum absolute atomic E-state index is 15.0. The molecule has 0 aliphatic rings. The molecule has 0 aliphatic heterocycles. The lowest BCUT2D eigenvalue weighted by atomic mass is 10.0. The monoisotopic (exact) mass is 864 g/mol. The van der Waals surface area contributed by atoms with Crippen LogP contribution < -0.4 is 5.73 Å². The van der Waals surface area contributed by atoms with Crippen molar-refractivity contribution in [2.75, 3.05) is 32.7 Å². The van der Waals surface area contributed by atoms with E-state index >= 15 is 4.79 Å². The van der Waals surface area contributed by atoms with Crippen molar-refractivity contribution in [1.82, 2.24) is 24.5 Å². The van der Waals surface area contributed by atoms with E-state index in [-0.39, 0.29) is 19.0 Å². The summed E-state index contributed by atoms with van der Waals surface area (Å²) in [6.45, 7) is 8.58. The smallest absolute Gasteiger partial charge is 0.243 e. The Morgan fingerprint density at radius 1 is 0.344 bits per heavy atom. The van der Waals surface area contributed by atoms with Gasteiger partial charge in [-0.15, -0.1) is 0 Å². The summed E-state index contributed by atoms with van der Waals surface area (Å²) in [5, 5.41) is 0. The SMILES string of the molecule is CC(=O)N(CC(=O)N(CC(=O)N(CC(=O)N(CC(=O)N(CC(N)=O)[C@@H](C)c1ccccc1)[C@@H](C)c1ccccc1)[C@@H](C)c1ccccc1)[C@@H](C)c1ccccc1)[C@@H](C)c1ccccc1.